The lowest BCUT2D eigenvalue weighted by Crippen LogP contribution is -2.42. The molecule has 122 valence electrons. The first-order valence-corrected chi connectivity index (χ1v) is 9.32. The number of carbonyl (C=O) groups excluding carboxylic acids is 1. The van der Waals surface area contributed by atoms with E-state index >= 15 is 0 Å². The molecule has 1 aromatic heterocycles. The second-order valence-corrected chi connectivity index (χ2v) is 7.66. The number of rotatable bonds is 6. The van der Waals surface area contributed by atoms with Crippen LogP contribution in [0.5, 0.6) is 0 Å². The van der Waals surface area contributed by atoms with E-state index in [1.165, 1.54) is 4.31 Å². The van der Waals surface area contributed by atoms with Gasteiger partial charge in [-0.2, -0.15) is 0 Å². The Bertz CT molecular complexity index is 581. The highest BCUT2D eigenvalue weighted by Gasteiger charge is 2.30. The van der Waals surface area contributed by atoms with Crippen LogP contribution < -0.4 is 5.32 Å². The van der Waals surface area contributed by atoms with Gasteiger partial charge in [-0.05, 0) is 31.4 Å². The number of nitrogens with zero attached hydrogens (tertiary/aromatic N) is 2. The van der Waals surface area contributed by atoms with Gasteiger partial charge in [0.25, 0.3) is 0 Å². The molecular weight excluding hydrogens is 302 g/mol. The quantitative estimate of drug-likeness (QED) is 0.866. The highest BCUT2D eigenvalue weighted by Crippen LogP contribution is 2.22. The van der Waals surface area contributed by atoms with E-state index in [0.717, 1.165) is 6.42 Å². The Morgan fingerprint density at radius 1 is 1.41 bits per heavy atom. The maximum Gasteiger partial charge on any atom is 0.227 e. The molecule has 2 heterocycles. The molecule has 1 saturated heterocycles. The van der Waals surface area contributed by atoms with Crippen LogP contribution in [-0.4, -0.2) is 42.5 Å². The largest absolute Gasteiger partial charge is 0.324 e. The number of piperidine rings is 1. The second-order valence-electron chi connectivity index (χ2n) is 5.57. The average molecular weight is 325 g/mol. The van der Waals surface area contributed by atoms with E-state index in [1.54, 1.807) is 24.5 Å². The van der Waals surface area contributed by atoms with E-state index < -0.39 is 10.0 Å². The van der Waals surface area contributed by atoms with Gasteiger partial charge < -0.3 is 5.32 Å². The van der Waals surface area contributed by atoms with Gasteiger partial charge in [-0.3, -0.25) is 9.78 Å². The SMILES string of the molecule is CCCCS(=O)(=O)N1CCC(C(=O)Nc2cccnc2)CC1. The summed E-state index contributed by atoms with van der Waals surface area (Å²) in [5.41, 5.74) is 0.672. The van der Waals surface area contributed by atoms with Crippen LogP contribution in [0.15, 0.2) is 24.5 Å². The number of nitrogens with one attached hydrogen (secondary N) is 1. The topological polar surface area (TPSA) is 79.4 Å². The van der Waals surface area contributed by atoms with Gasteiger partial charge in [0.2, 0.25) is 15.9 Å². The molecule has 6 nitrogen and oxygen atoms in total. The highest BCUT2D eigenvalue weighted by atomic mass is 32.2. The molecule has 0 aromatic carbocycles. The third kappa shape index (κ3) is 4.51. The first-order chi connectivity index (χ1) is 10.5. The maximum atomic E-state index is 12.2. The van der Waals surface area contributed by atoms with Gasteiger partial charge in [0, 0.05) is 25.2 Å². The Morgan fingerprint density at radius 2 is 2.14 bits per heavy atom. The molecule has 0 radical (unpaired) electrons. The summed E-state index contributed by atoms with van der Waals surface area (Å²) in [6, 6.07) is 3.55. The number of hydrogen-bond donors (Lipinski definition) is 1. The first-order valence-electron chi connectivity index (χ1n) is 7.71. The standard InChI is InChI=1S/C15H23N3O3S/c1-2-3-11-22(20,21)18-9-6-13(7-10-18)15(19)17-14-5-4-8-16-12-14/h4-5,8,12-13H,2-3,6-7,9-11H2,1H3,(H,17,19). The summed E-state index contributed by atoms with van der Waals surface area (Å²) >= 11 is 0. The summed E-state index contributed by atoms with van der Waals surface area (Å²) in [5, 5.41) is 2.83. The van der Waals surface area contributed by atoms with E-state index in [4.69, 9.17) is 0 Å². The van der Waals surface area contributed by atoms with Crippen molar-refractivity contribution in [3.8, 4) is 0 Å². The van der Waals surface area contributed by atoms with Gasteiger partial charge in [-0.15, -0.1) is 0 Å². The van der Waals surface area contributed by atoms with Crippen LogP contribution in [0.25, 0.3) is 0 Å². The highest BCUT2D eigenvalue weighted by molar-refractivity contribution is 7.89. The van der Waals surface area contributed by atoms with Gasteiger partial charge in [-0.25, -0.2) is 12.7 Å². The number of pyridine rings is 1. The minimum Gasteiger partial charge on any atom is -0.324 e. The Hall–Kier alpha value is -1.47. The second kappa shape index (κ2) is 7.69. The smallest absolute Gasteiger partial charge is 0.227 e. The summed E-state index contributed by atoms with van der Waals surface area (Å²) in [4.78, 5) is 16.1. The molecule has 1 fully saturated rings. The predicted molar refractivity (Wildman–Crippen MR) is 85.9 cm³/mol. The van der Waals surface area contributed by atoms with Crippen LogP contribution in [-0.2, 0) is 14.8 Å². The first kappa shape index (κ1) is 16.9. The average Bonchev–Trinajstić information content (AvgIpc) is 2.54. The molecule has 0 saturated carbocycles. The summed E-state index contributed by atoms with van der Waals surface area (Å²) < 4.78 is 25.8. The molecule has 0 spiro atoms. The number of unbranched alkanes of at least 4 members (excludes halogenated alkanes) is 1. The monoisotopic (exact) mass is 325 g/mol. The van der Waals surface area contributed by atoms with Crippen LogP contribution in [0.3, 0.4) is 0 Å². The van der Waals surface area contributed by atoms with Crippen molar-refractivity contribution in [2.24, 2.45) is 5.92 Å². The fourth-order valence-corrected chi connectivity index (χ4v) is 4.21. The van der Waals surface area contributed by atoms with Crippen molar-refractivity contribution < 1.29 is 13.2 Å². The van der Waals surface area contributed by atoms with Gasteiger partial charge in [0.05, 0.1) is 17.6 Å². The molecule has 0 bridgehead atoms. The lowest BCUT2D eigenvalue weighted by molar-refractivity contribution is -0.120. The van der Waals surface area contributed by atoms with Crippen molar-refractivity contribution in [2.75, 3.05) is 24.2 Å². The number of anilines is 1. The van der Waals surface area contributed by atoms with E-state index in [0.29, 0.717) is 38.0 Å². The zero-order valence-corrected chi connectivity index (χ0v) is 13.7. The molecule has 1 aliphatic heterocycles. The zero-order valence-electron chi connectivity index (χ0n) is 12.9. The molecule has 1 amide bonds. The third-order valence-electron chi connectivity index (χ3n) is 3.90. The number of aromatic nitrogens is 1. The van der Waals surface area contributed by atoms with Crippen LogP contribution in [0, 0.1) is 5.92 Å². The minimum absolute atomic E-state index is 0.0568. The molecule has 0 unspecified atom stereocenters. The number of hydrogen-bond acceptors (Lipinski definition) is 4. The number of carbonyl (C=O) groups is 1. The molecule has 2 rings (SSSR count). The predicted octanol–water partition coefficient (Wildman–Crippen LogP) is 1.86. The number of sulfonamides is 1. The summed E-state index contributed by atoms with van der Waals surface area (Å²) in [5.74, 6) is 0.00667. The Balaban J connectivity index is 1.85. The van der Waals surface area contributed by atoms with Crippen molar-refractivity contribution in [1.29, 1.82) is 0 Å². The van der Waals surface area contributed by atoms with Gasteiger partial charge in [0.15, 0.2) is 0 Å². The van der Waals surface area contributed by atoms with E-state index in [1.807, 2.05) is 6.92 Å². The Kier molecular flexibility index (Phi) is 5.90. The van der Waals surface area contributed by atoms with Gasteiger partial charge in [0.1, 0.15) is 0 Å². The van der Waals surface area contributed by atoms with E-state index in [-0.39, 0.29) is 17.6 Å². The molecular formula is C15H23N3O3S. The summed E-state index contributed by atoms with van der Waals surface area (Å²) in [6.07, 6.45) is 5.93. The van der Waals surface area contributed by atoms with Crippen LogP contribution >= 0.6 is 0 Å². The molecule has 22 heavy (non-hydrogen) atoms. The molecule has 0 atom stereocenters. The van der Waals surface area contributed by atoms with Crippen LogP contribution in [0.2, 0.25) is 0 Å². The normalized spacial score (nSPS) is 17.3. The molecule has 0 aliphatic carbocycles. The third-order valence-corrected chi connectivity index (χ3v) is 5.86. The minimum atomic E-state index is -3.16. The van der Waals surface area contributed by atoms with Crippen molar-refractivity contribution in [3.63, 3.8) is 0 Å². The van der Waals surface area contributed by atoms with Crippen molar-refractivity contribution in [3.05, 3.63) is 24.5 Å². The van der Waals surface area contributed by atoms with Crippen molar-refractivity contribution >= 4 is 21.6 Å². The fourth-order valence-electron chi connectivity index (χ4n) is 2.53. The Labute approximate surface area is 132 Å². The maximum absolute atomic E-state index is 12.2. The summed E-state index contributed by atoms with van der Waals surface area (Å²) in [6.45, 7) is 2.83. The molecule has 7 heteroatoms. The fraction of sp³-hybridized carbons (Fsp3) is 0.600. The van der Waals surface area contributed by atoms with Gasteiger partial charge >= 0.3 is 0 Å². The van der Waals surface area contributed by atoms with Crippen LogP contribution in [0.4, 0.5) is 5.69 Å². The van der Waals surface area contributed by atoms with E-state index in [2.05, 4.69) is 10.3 Å². The van der Waals surface area contributed by atoms with Crippen molar-refractivity contribution in [2.45, 2.75) is 32.6 Å². The van der Waals surface area contributed by atoms with Gasteiger partial charge in [-0.1, -0.05) is 13.3 Å². The lowest BCUT2D eigenvalue weighted by atomic mass is 9.97. The molecule has 1 N–H and O–H groups in total. The van der Waals surface area contributed by atoms with E-state index in [9.17, 15) is 13.2 Å². The molecule has 1 aromatic rings. The molecule has 1 aliphatic rings. The van der Waals surface area contributed by atoms with Crippen molar-refractivity contribution in [1.82, 2.24) is 9.29 Å². The Morgan fingerprint density at radius 3 is 2.73 bits per heavy atom. The lowest BCUT2D eigenvalue weighted by Gasteiger charge is -2.30. The summed E-state index contributed by atoms with van der Waals surface area (Å²) in [7, 11) is -3.16. The van der Waals surface area contributed by atoms with Crippen LogP contribution in [0.1, 0.15) is 32.6 Å². The zero-order chi connectivity index (χ0) is 16.0. The number of amides is 1.